The second-order valence-electron chi connectivity index (χ2n) is 3.89. The fourth-order valence-corrected chi connectivity index (χ4v) is 1.88. The largest absolute Gasteiger partial charge is 0.378 e. The second kappa shape index (κ2) is 7.59. The molecule has 1 heterocycles. The van der Waals surface area contributed by atoms with E-state index in [4.69, 9.17) is 16.3 Å². The van der Waals surface area contributed by atoms with E-state index in [9.17, 15) is 4.79 Å². The molecule has 1 aromatic rings. The van der Waals surface area contributed by atoms with Crippen molar-refractivity contribution in [2.45, 2.75) is 12.6 Å². The van der Waals surface area contributed by atoms with Crippen LogP contribution in [0.5, 0.6) is 0 Å². The third-order valence-corrected chi connectivity index (χ3v) is 3.02. The SMILES string of the molecule is Cl.O=C(NCc1ccccc1Cl)C1COCCN1. The molecule has 1 aliphatic heterocycles. The molecule has 0 spiro atoms. The first-order chi connectivity index (χ1) is 8.27. The Hall–Kier alpha value is -0.810. The summed E-state index contributed by atoms with van der Waals surface area (Å²) in [6.45, 7) is 2.24. The molecule has 1 aliphatic rings. The van der Waals surface area contributed by atoms with Gasteiger partial charge in [0.05, 0.1) is 13.2 Å². The van der Waals surface area contributed by atoms with Crippen molar-refractivity contribution in [3.63, 3.8) is 0 Å². The van der Waals surface area contributed by atoms with Gasteiger partial charge in [0.2, 0.25) is 5.91 Å². The first-order valence-corrected chi connectivity index (χ1v) is 5.97. The zero-order chi connectivity index (χ0) is 12.1. The summed E-state index contributed by atoms with van der Waals surface area (Å²) < 4.78 is 5.23. The van der Waals surface area contributed by atoms with Gasteiger partial charge >= 0.3 is 0 Å². The predicted molar refractivity (Wildman–Crippen MR) is 73.2 cm³/mol. The molecule has 1 saturated heterocycles. The number of rotatable bonds is 3. The van der Waals surface area contributed by atoms with Crippen LogP contribution in [0.4, 0.5) is 0 Å². The highest BCUT2D eigenvalue weighted by Crippen LogP contribution is 2.14. The van der Waals surface area contributed by atoms with Crippen molar-refractivity contribution in [2.24, 2.45) is 0 Å². The molecule has 1 amide bonds. The first-order valence-electron chi connectivity index (χ1n) is 5.59. The van der Waals surface area contributed by atoms with Crippen molar-refractivity contribution in [3.8, 4) is 0 Å². The van der Waals surface area contributed by atoms with Crippen LogP contribution in [-0.2, 0) is 16.1 Å². The van der Waals surface area contributed by atoms with Crippen molar-refractivity contribution in [1.29, 1.82) is 0 Å². The smallest absolute Gasteiger partial charge is 0.239 e. The second-order valence-corrected chi connectivity index (χ2v) is 4.30. The zero-order valence-corrected chi connectivity index (χ0v) is 11.4. The highest BCUT2D eigenvalue weighted by atomic mass is 35.5. The monoisotopic (exact) mass is 290 g/mol. The number of carbonyl (C=O) groups is 1. The molecule has 0 aliphatic carbocycles. The van der Waals surface area contributed by atoms with E-state index in [-0.39, 0.29) is 24.4 Å². The fourth-order valence-electron chi connectivity index (χ4n) is 1.68. The van der Waals surface area contributed by atoms with Gasteiger partial charge in [-0.15, -0.1) is 12.4 Å². The molecular weight excluding hydrogens is 275 g/mol. The molecule has 0 bridgehead atoms. The van der Waals surface area contributed by atoms with Crippen LogP contribution in [0.15, 0.2) is 24.3 Å². The minimum absolute atomic E-state index is 0. The molecular formula is C12H16Cl2N2O2. The van der Waals surface area contributed by atoms with Crippen molar-refractivity contribution in [2.75, 3.05) is 19.8 Å². The number of hydrogen-bond donors (Lipinski definition) is 2. The van der Waals surface area contributed by atoms with Crippen LogP contribution in [0.1, 0.15) is 5.56 Å². The summed E-state index contributed by atoms with van der Waals surface area (Å²) in [5.41, 5.74) is 0.916. The van der Waals surface area contributed by atoms with Gasteiger partial charge in [-0.25, -0.2) is 0 Å². The fraction of sp³-hybridized carbons (Fsp3) is 0.417. The molecule has 2 rings (SSSR count). The Kier molecular flexibility index (Phi) is 6.43. The van der Waals surface area contributed by atoms with Crippen LogP contribution < -0.4 is 10.6 Å². The Balaban J connectivity index is 0.00000162. The van der Waals surface area contributed by atoms with Gasteiger partial charge in [0.1, 0.15) is 6.04 Å². The van der Waals surface area contributed by atoms with Crippen LogP contribution in [0.25, 0.3) is 0 Å². The van der Waals surface area contributed by atoms with E-state index < -0.39 is 0 Å². The molecule has 0 radical (unpaired) electrons. The average molecular weight is 291 g/mol. The van der Waals surface area contributed by atoms with Crippen LogP contribution in [-0.4, -0.2) is 31.7 Å². The van der Waals surface area contributed by atoms with E-state index in [0.717, 1.165) is 5.56 Å². The number of morpholine rings is 1. The Morgan fingerprint density at radius 3 is 2.94 bits per heavy atom. The summed E-state index contributed by atoms with van der Waals surface area (Å²) >= 11 is 6.00. The molecule has 0 saturated carbocycles. The van der Waals surface area contributed by atoms with Crippen LogP contribution >= 0.6 is 24.0 Å². The van der Waals surface area contributed by atoms with E-state index in [1.165, 1.54) is 0 Å². The van der Waals surface area contributed by atoms with Crippen LogP contribution in [0.3, 0.4) is 0 Å². The lowest BCUT2D eigenvalue weighted by atomic mass is 10.2. The molecule has 1 unspecified atom stereocenters. The Labute approximate surface area is 117 Å². The zero-order valence-electron chi connectivity index (χ0n) is 9.82. The van der Waals surface area contributed by atoms with Gasteiger partial charge in [0, 0.05) is 18.1 Å². The van der Waals surface area contributed by atoms with Gasteiger partial charge in [-0.1, -0.05) is 29.8 Å². The number of halogens is 2. The summed E-state index contributed by atoms with van der Waals surface area (Å²) in [6.07, 6.45) is 0. The molecule has 1 aromatic carbocycles. The third-order valence-electron chi connectivity index (χ3n) is 2.65. The van der Waals surface area contributed by atoms with E-state index in [0.29, 0.717) is 31.3 Å². The molecule has 18 heavy (non-hydrogen) atoms. The lowest BCUT2D eigenvalue weighted by Gasteiger charge is -2.22. The minimum Gasteiger partial charge on any atom is -0.378 e. The number of carbonyl (C=O) groups excluding carboxylic acids is 1. The van der Waals surface area contributed by atoms with Gasteiger partial charge in [-0.3, -0.25) is 4.79 Å². The minimum atomic E-state index is -0.258. The molecule has 0 aromatic heterocycles. The van der Waals surface area contributed by atoms with E-state index in [2.05, 4.69) is 10.6 Å². The quantitative estimate of drug-likeness (QED) is 0.884. The van der Waals surface area contributed by atoms with Crippen molar-refractivity contribution in [1.82, 2.24) is 10.6 Å². The van der Waals surface area contributed by atoms with Crippen LogP contribution in [0.2, 0.25) is 5.02 Å². The maximum Gasteiger partial charge on any atom is 0.239 e. The van der Waals surface area contributed by atoms with E-state index >= 15 is 0 Å². The van der Waals surface area contributed by atoms with Gasteiger partial charge in [0.25, 0.3) is 0 Å². The number of nitrogens with one attached hydrogen (secondary N) is 2. The number of hydrogen-bond acceptors (Lipinski definition) is 3. The topological polar surface area (TPSA) is 50.4 Å². The van der Waals surface area contributed by atoms with Gasteiger partial charge < -0.3 is 15.4 Å². The van der Waals surface area contributed by atoms with Gasteiger partial charge in [-0.2, -0.15) is 0 Å². The number of ether oxygens (including phenoxy) is 1. The highest BCUT2D eigenvalue weighted by Gasteiger charge is 2.20. The Morgan fingerprint density at radius 2 is 2.28 bits per heavy atom. The van der Waals surface area contributed by atoms with E-state index in [1.54, 1.807) is 0 Å². The number of benzene rings is 1. The molecule has 4 nitrogen and oxygen atoms in total. The average Bonchev–Trinajstić information content (AvgIpc) is 2.38. The maximum atomic E-state index is 11.8. The van der Waals surface area contributed by atoms with Crippen molar-refractivity contribution in [3.05, 3.63) is 34.9 Å². The lowest BCUT2D eigenvalue weighted by Crippen LogP contribution is -2.51. The standard InChI is InChI=1S/C12H15ClN2O2.ClH/c13-10-4-2-1-3-9(10)7-15-12(16)11-8-17-6-5-14-11;/h1-4,11,14H,5-8H2,(H,15,16);1H. The van der Waals surface area contributed by atoms with Crippen molar-refractivity contribution >= 4 is 29.9 Å². The number of amides is 1. The molecule has 2 N–H and O–H groups in total. The highest BCUT2D eigenvalue weighted by molar-refractivity contribution is 6.31. The summed E-state index contributed by atoms with van der Waals surface area (Å²) in [7, 11) is 0. The Morgan fingerprint density at radius 1 is 1.50 bits per heavy atom. The summed E-state index contributed by atoms with van der Waals surface area (Å²) in [5, 5.41) is 6.61. The molecule has 6 heteroatoms. The summed E-state index contributed by atoms with van der Waals surface area (Å²) in [6, 6.07) is 7.21. The van der Waals surface area contributed by atoms with E-state index in [1.807, 2.05) is 24.3 Å². The van der Waals surface area contributed by atoms with Gasteiger partial charge in [0.15, 0.2) is 0 Å². The summed E-state index contributed by atoms with van der Waals surface area (Å²) in [4.78, 5) is 11.8. The molecule has 1 fully saturated rings. The Bertz CT molecular complexity index is 395. The van der Waals surface area contributed by atoms with Gasteiger partial charge in [-0.05, 0) is 11.6 Å². The normalized spacial score (nSPS) is 18.8. The molecule has 100 valence electrons. The maximum absolute atomic E-state index is 11.8. The van der Waals surface area contributed by atoms with Crippen LogP contribution in [0, 0.1) is 0 Å². The summed E-state index contributed by atoms with van der Waals surface area (Å²) in [5.74, 6) is -0.0513. The third kappa shape index (κ3) is 4.14. The first kappa shape index (κ1) is 15.2. The predicted octanol–water partition coefficient (Wildman–Crippen LogP) is 1.37. The van der Waals surface area contributed by atoms with Crippen molar-refractivity contribution < 1.29 is 9.53 Å². The lowest BCUT2D eigenvalue weighted by molar-refractivity contribution is -0.126. The molecule has 1 atom stereocenters.